The van der Waals surface area contributed by atoms with Gasteiger partial charge in [0.15, 0.2) is 11.4 Å². The lowest BCUT2D eigenvalue weighted by Crippen LogP contribution is -2.30. The molecule has 0 aromatic carbocycles. The molecule has 0 aliphatic heterocycles. The summed E-state index contributed by atoms with van der Waals surface area (Å²) in [7, 11) is 1.16. The number of hydrogen-bond acceptors (Lipinski definition) is 3. The molecule has 0 radical (unpaired) electrons. The molecular formula is C13H20BrF3N4O. The molecule has 0 spiro atoms. The maximum atomic E-state index is 12.8. The molecule has 1 aromatic heterocycles. The van der Waals surface area contributed by atoms with Crippen molar-refractivity contribution in [2.75, 3.05) is 26.2 Å². The van der Waals surface area contributed by atoms with Crippen molar-refractivity contribution in [1.29, 1.82) is 0 Å². The maximum absolute atomic E-state index is 12.8. The van der Waals surface area contributed by atoms with Crippen LogP contribution in [0.2, 0.25) is 0 Å². The third kappa shape index (κ3) is 4.70. The fraction of sp³-hybridized carbons (Fsp3) is 0.692. The van der Waals surface area contributed by atoms with Gasteiger partial charge in [0, 0.05) is 13.6 Å². The quantitative estimate of drug-likeness (QED) is 0.735. The van der Waals surface area contributed by atoms with E-state index in [0.717, 1.165) is 33.1 Å². The molecule has 0 saturated carbocycles. The minimum atomic E-state index is -4.57. The molecule has 0 saturated heterocycles. The monoisotopic (exact) mass is 384 g/mol. The van der Waals surface area contributed by atoms with E-state index in [9.17, 15) is 18.0 Å². The van der Waals surface area contributed by atoms with Gasteiger partial charge in [-0.25, -0.2) is 0 Å². The third-order valence-electron chi connectivity index (χ3n) is 3.30. The summed E-state index contributed by atoms with van der Waals surface area (Å²) in [5.74, 6) is -0.613. The van der Waals surface area contributed by atoms with Gasteiger partial charge in [-0.2, -0.15) is 18.3 Å². The molecule has 1 aromatic rings. The van der Waals surface area contributed by atoms with E-state index >= 15 is 0 Å². The van der Waals surface area contributed by atoms with Crippen LogP contribution in [0.15, 0.2) is 4.47 Å². The minimum absolute atomic E-state index is 0.252. The molecule has 22 heavy (non-hydrogen) atoms. The Labute approximate surface area is 136 Å². The average Bonchev–Trinajstić information content (AvgIpc) is 2.73. The Morgan fingerprint density at radius 3 is 2.41 bits per heavy atom. The SMILES string of the molecule is CCN(CC)CCCNC(=O)c1nn(C)c(C(F)(F)F)c1Br. The summed E-state index contributed by atoms with van der Waals surface area (Å²) < 4.78 is 38.8. The first-order valence-electron chi connectivity index (χ1n) is 7.02. The van der Waals surface area contributed by atoms with Crippen molar-refractivity contribution in [3.63, 3.8) is 0 Å². The van der Waals surface area contributed by atoms with Crippen LogP contribution in [0.4, 0.5) is 13.2 Å². The molecule has 1 amide bonds. The van der Waals surface area contributed by atoms with Gasteiger partial charge in [0.1, 0.15) is 0 Å². The first kappa shape index (κ1) is 19.0. The van der Waals surface area contributed by atoms with E-state index in [1.807, 2.05) is 13.8 Å². The summed E-state index contributed by atoms with van der Waals surface area (Å²) in [6.07, 6.45) is -3.84. The summed E-state index contributed by atoms with van der Waals surface area (Å²) in [6.45, 7) is 7.15. The van der Waals surface area contributed by atoms with Crippen LogP contribution < -0.4 is 5.32 Å². The van der Waals surface area contributed by atoms with Crippen molar-refractivity contribution in [2.24, 2.45) is 7.05 Å². The van der Waals surface area contributed by atoms with Crippen LogP contribution in [0.3, 0.4) is 0 Å². The summed E-state index contributed by atoms with van der Waals surface area (Å²) in [4.78, 5) is 14.1. The van der Waals surface area contributed by atoms with Crippen molar-refractivity contribution in [2.45, 2.75) is 26.4 Å². The van der Waals surface area contributed by atoms with Crippen LogP contribution >= 0.6 is 15.9 Å². The maximum Gasteiger partial charge on any atom is 0.434 e. The molecule has 5 nitrogen and oxygen atoms in total. The summed E-state index contributed by atoms with van der Waals surface area (Å²) in [5.41, 5.74) is -1.22. The van der Waals surface area contributed by atoms with Crippen molar-refractivity contribution in [3.8, 4) is 0 Å². The van der Waals surface area contributed by atoms with E-state index < -0.39 is 17.8 Å². The second kappa shape index (κ2) is 7.96. The van der Waals surface area contributed by atoms with Crippen LogP contribution in [0, 0.1) is 0 Å². The van der Waals surface area contributed by atoms with Gasteiger partial charge in [-0.3, -0.25) is 9.48 Å². The molecule has 0 unspecified atom stereocenters. The number of aryl methyl sites for hydroxylation is 1. The Morgan fingerprint density at radius 2 is 1.95 bits per heavy atom. The van der Waals surface area contributed by atoms with Crippen LogP contribution in [-0.2, 0) is 13.2 Å². The Kier molecular flexibility index (Phi) is 6.86. The van der Waals surface area contributed by atoms with Crippen molar-refractivity contribution in [3.05, 3.63) is 15.9 Å². The highest BCUT2D eigenvalue weighted by Crippen LogP contribution is 2.36. The topological polar surface area (TPSA) is 50.2 Å². The van der Waals surface area contributed by atoms with Crippen LogP contribution in [0.5, 0.6) is 0 Å². The molecule has 0 atom stereocenters. The lowest BCUT2D eigenvalue weighted by molar-refractivity contribution is -0.144. The zero-order valence-electron chi connectivity index (χ0n) is 12.8. The number of rotatable bonds is 7. The molecule has 0 fully saturated rings. The number of carbonyl (C=O) groups is 1. The number of aromatic nitrogens is 2. The van der Waals surface area contributed by atoms with Gasteiger partial charge in [-0.1, -0.05) is 13.8 Å². The normalized spacial score (nSPS) is 12.0. The van der Waals surface area contributed by atoms with Gasteiger partial charge in [0.2, 0.25) is 0 Å². The smallest absolute Gasteiger partial charge is 0.351 e. The number of alkyl halides is 3. The van der Waals surface area contributed by atoms with Gasteiger partial charge in [0.25, 0.3) is 5.91 Å². The number of halogens is 4. The van der Waals surface area contributed by atoms with Gasteiger partial charge >= 0.3 is 6.18 Å². The largest absolute Gasteiger partial charge is 0.434 e. The molecule has 0 aliphatic carbocycles. The van der Waals surface area contributed by atoms with E-state index in [-0.39, 0.29) is 10.2 Å². The third-order valence-corrected chi connectivity index (χ3v) is 4.06. The lowest BCUT2D eigenvalue weighted by atomic mass is 10.3. The fourth-order valence-corrected chi connectivity index (χ4v) is 2.82. The zero-order chi connectivity index (χ0) is 16.9. The Hall–Kier alpha value is -1.09. The number of hydrogen-bond donors (Lipinski definition) is 1. The number of nitrogens with zero attached hydrogens (tertiary/aromatic N) is 3. The molecule has 1 N–H and O–H groups in total. The van der Waals surface area contributed by atoms with Crippen LogP contribution in [0.1, 0.15) is 36.5 Å². The van der Waals surface area contributed by atoms with Gasteiger partial charge in [-0.05, 0) is 42.0 Å². The lowest BCUT2D eigenvalue weighted by Gasteiger charge is -2.17. The second-order valence-corrected chi connectivity index (χ2v) is 5.56. The molecule has 126 valence electrons. The van der Waals surface area contributed by atoms with E-state index in [1.54, 1.807) is 0 Å². The predicted molar refractivity (Wildman–Crippen MR) is 80.6 cm³/mol. The van der Waals surface area contributed by atoms with Crippen molar-refractivity contribution in [1.82, 2.24) is 20.0 Å². The highest BCUT2D eigenvalue weighted by Gasteiger charge is 2.39. The van der Waals surface area contributed by atoms with Gasteiger partial charge in [-0.15, -0.1) is 0 Å². The molecule has 1 rings (SSSR count). The molecule has 9 heteroatoms. The van der Waals surface area contributed by atoms with E-state index in [2.05, 4.69) is 31.2 Å². The summed E-state index contributed by atoms with van der Waals surface area (Å²) >= 11 is 2.82. The van der Waals surface area contributed by atoms with Crippen LogP contribution in [0.25, 0.3) is 0 Å². The molecule has 0 bridgehead atoms. The standard InChI is InChI=1S/C13H20BrF3N4O/c1-4-21(5-2)8-6-7-18-12(22)10-9(14)11(13(15,16)17)20(3)19-10/h4-8H2,1-3H3,(H,18,22). The number of amides is 1. The fourth-order valence-electron chi connectivity index (χ4n) is 2.08. The average molecular weight is 385 g/mol. The predicted octanol–water partition coefficient (Wildman–Crippen LogP) is 2.66. The Morgan fingerprint density at radius 1 is 1.36 bits per heavy atom. The number of nitrogens with one attached hydrogen (secondary N) is 1. The Balaban J connectivity index is 2.64. The molecule has 1 heterocycles. The van der Waals surface area contributed by atoms with Gasteiger partial charge < -0.3 is 10.2 Å². The van der Waals surface area contributed by atoms with E-state index in [1.165, 1.54) is 0 Å². The summed E-state index contributed by atoms with van der Waals surface area (Å²) in [5, 5.41) is 6.25. The second-order valence-electron chi connectivity index (χ2n) is 4.77. The van der Waals surface area contributed by atoms with Crippen molar-refractivity contribution < 1.29 is 18.0 Å². The van der Waals surface area contributed by atoms with Gasteiger partial charge in [0.05, 0.1) is 4.47 Å². The van der Waals surface area contributed by atoms with Crippen LogP contribution in [-0.4, -0.2) is 46.8 Å². The van der Waals surface area contributed by atoms with E-state index in [4.69, 9.17) is 0 Å². The molecule has 0 aliphatic rings. The zero-order valence-corrected chi connectivity index (χ0v) is 14.4. The first-order chi connectivity index (χ1) is 10.2. The first-order valence-corrected chi connectivity index (χ1v) is 7.81. The highest BCUT2D eigenvalue weighted by molar-refractivity contribution is 9.10. The van der Waals surface area contributed by atoms with E-state index in [0.29, 0.717) is 11.2 Å². The number of carbonyl (C=O) groups excluding carboxylic acids is 1. The summed E-state index contributed by atoms with van der Waals surface area (Å²) in [6, 6.07) is 0. The van der Waals surface area contributed by atoms with Crippen molar-refractivity contribution >= 4 is 21.8 Å². The Bertz CT molecular complexity index is 512. The minimum Gasteiger partial charge on any atom is -0.351 e. The molecular weight excluding hydrogens is 365 g/mol. The highest BCUT2D eigenvalue weighted by atomic mass is 79.9.